The van der Waals surface area contributed by atoms with Crippen LogP contribution in [0.3, 0.4) is 0 Å². The third-order valence-electron chi connectivity index (χ3n) is 4.30. The highest BCUT2D eigenvalue weighted by Crippen LogP contribution is 2.20. The summed E-state index contributed by atoms with van der Waals surface area (Å²) in [5, 5.41) is 5.61. The van der Waals surface area contributed by atoms with Gasteiger partial charge in [0.05, 0.1) is 18.1 Å². The predicted molar refractivity (Wildman–Crippen MR) is 112 cm³/mol. The molecule has 1 heterocycles. The van der Waals surface area contributed by atoms with Crippen molar-refractivity contribution >= 4 is 17.5 Å². The van der Waals surface area contributed by atoms with Crippen molar-refractivity contribution in [1.82, 2.24) is 15.3 Å². The van der Waals surface area contributed by atoms with Crippen LogP contribution in [-0.2, 0) is 10.2 Å². The van der Waals surface area contributed by atoms with Crippen molar-refractivity contribution < 1.29 is 9.59 Å². The molecule has 0 aliphatic rings. The normalized spacial score (nSPS) is 12.1. The second-order valence-electron chi connectivity index (χ2n) is 7.72. The molecule has 29 heavy (non-hydrogen) atoms. The lowest BCUT2D eigenvalue weighted by Crippen LogP contribution is -2.37. The molecule has 1 aromatic heterocycles. The Hall–Kier alpha value is -3.54. The first-order valence-corrected chi connectivity index (χ1v) is 9.39. The van der Waals surface area contributed by atoms with Gasteiger partial charge in [0.25, 0.3) is 11.8 Å². The standard InChI is InChI=1S/C23H24N4O2/c1-23(2,3)22-24-14-18(15-25-22)26-21(29)19(16-10-6-4-7-11-16)27-20(28)17-12-8-5-9-13-17/h4-15,19H,1-3H3,(H,26,29)(H,27,28). The van der Waals surface area contributed by atoms with Gasteiger partial charge in [0, 0.05) is 11.0 Å². The van der Waals surface area contributed by atoms with Crippen LogP contribution in [0.15, 0.2) is 73.1 Å². The van der Waals surface area contributed by atoms with Crippen LogP contribution in [0, 0.1) is 0 Å². The van der Waals surface area contributed by atoms with E-state index in [-0.39, 0.29) is 17.2 Å². The Bertz CT molecular complexity index is 965. The fourth-order valence-electron chi connectivity index (χ4n) is 2.74. The molecule has 0 aliphatic carbocycles. The summed E-state index contributed by atoms with van der Waals surface area (Å²) >= 11 is 0. The first-order chi connectivity index (χ1) is 13.8. The number of rotatable bonds is 5. The molecule has 2 N–H and O–H groups in total. The van der Waals surface area contributed by atoms with Crippen molar-refractivity contribution in [3.63, 3.8) is 0 Å². The minimum Gasteiger partial charge on any atom is -0.336 e. The Kier molecular flexibility index (Phi) is 6.02. The minimum absolute atomic E-state index is 0.182. The van der Waals surface area contributed by atoms with Crippen molar-refractivity contribution in [2.75, 3.05) is 5.32 Å². The van der Waals surface area contributed by atoms with E-state index in [1.165, 1.54) is 0 Å². The van der Waals surface area contributed by atoms with Gasteiger partial charge in [0.2, 0.25) is 0 Å². The van der Waals surface area contributed by atoms with E-state index in [9.17, 15) is 9.59 Å². The van der Waals surface area contributed by atoms with Crippen LogP contribution in [-0.4, -0.2) is 21.8 Å². The van der Waals surface area contributed by atoms with Gasteiger partial charge in [-0.15, -0.1) is 0 Å². The highest BCUT2D eigenvalue weighted by molar-refractivity contribution is 6.01. The number of hydrogen-bond donors (Lipinski definition) is 2. The van der Waals surface area contributed by atoms with E-state index in [1.807, 2.05) is 45.0 Å². The third-order valence-corrected chi connectivity index (χ3v) is 4.30. The molecule has 2 amide bonds. The van der Waals surface area contributed by atoms with Crippen LogP contribution >= 0.6 is 0 Å². The first kappa shape index (κ1) is 20.2. The minimum atomic E-state index is -0.855. The molecule has 3 aromatic rings. The summed E-state index contributed by atoms with van der Waals surface area (Å²) in [5.74, 6) is -0.00554. The van der Waals surface area contributed by atoms with Crippen molar-refractivity contribution in [1.29, 1.82) is 0 Å². The molecule has 0 saturated carbocycles. The maximum absolute atomic E-state index is 13.0. The van der Waals surface area contributed by atoms with Crippen molar-refractivity contribution in [3.05, 3.63) is 90.0 Å². The number of hydrogen-bond acceptors (Lipinski definition) is 4. The van der Waals surface area contributed by atoms with Crippen LogP contribution < -0.4 is 10.6 Å². The number of amides is 2. The molecule has 0 saturated heterocycles. The van der Waals surface area contributed by atoms with Crippen molar-refractivity contribution in [2.24, 2.45) is 0 Å². The van der Waals surface area contributed by atoms with Gasteiger partial charge in [0.1, 0.15) is 11.9 Å². The highest BCUT2D eigenvalue weighted by Gasteiger charge is 2.24. The zero-order valence-corrected chi connectivity index (χ0v) is 16.7. The van der Waals surface area contributed by atoms with Crippen LogP contribution in [0.4, 0.5) is 5.69 Å². The lowest BCUT2D eigenvalue weighted by Gasteiger charge is -2.20. The molecule has 2 aromatic carbocycles. The van der Waals surface area contributed by atoms with Crippen molar-refractivity contribution in [3.8, 4) is 0 Å². The summed E-state index contributed by atoms with van der Waals surface area (Å²) in [7, 11) is 0. The van der Waals surface area contributed by atoms with Gasteiger partial charge < -0.3 is 10.6 Å². The van der Waals surface area contributed by atoms with Gasteiger partial charge in [0.15, 0.2) is 0 Å². The molecule has 0 bridgehead atoms. The number of benzene rings is 2. The molecule has 0 fully saturated rings. The average molecular weight is 388 g/mol. The Morgan fingerprint density at radius 3 is 1.97 bits per heavy atom. The molecule has 0 spiro atoms. The van der Waals surface area contributed by atoms with Gasteiger partial charge in [-0.25, -0.2) is 9.97 Å². The molecule has 1 atom stereocenters. The molecule has 3 rings (SSSR count). The van der Waals surface area contributed by atoms with E-state index in [0.29, 0.717) is 22.6 Å². The predicted octanol–water partition coefficient (Wildman–Crippen LogP) is 3.88. The number of carbonyl (C=O) groups is 2. The number of nitrogens with zero attached hydrogens (tertiary/aromatic N) is 2. The maximum atomic E-state index is 13.0. The van der Waals surface area contributed by atoms with E-state index in [1.54, 1.807) is 48.8 Å². The summed E-state index contributed by atoms with van der Waals surface area (Å²) in [4.78, 5) is 34.3. The second-order valence-corrected chi connectivity index (χ2v) is 7.72. The summed E-state index contributed by atoms with van der Waals surface area (Å²) < 4.78 is 0. The lowest BCUT2D eigenvalue weighted by atomic mass is 9.96. The fourth-order valence-corrected chi connectivity index (χ4v) is 2.74. The van der Waals surface area contributed by atoms with Crippen LogP contribution in [0.5, 0.6) is 0 Å². The zero-order chi connectivity index (χ0) is 20.9. The topological polar surface area (TPSA) is 84.0 Å². The number of anilines is 1. The fraction of sp³-hybridized carbons (Fsp3) is 0.217. The average Bonchev–Trinajstić information content (AvgIpc) is 2.72. The number of aromatic nitrogens is 2. The zero-order valence-electron chi connectivity index (χ0n) is 16.7. The molecule has 0 aliphatic heterocycles. The summed E-state index contributed by atoms with van der Waals surface area (Å²) in [6.45, 7) is 6.06. The molecule has 0 radical (unpaired) electrons. The summed E-state index contributed by atoms with van der Waals surface area (Å²) in [5.41, 5.74) is 1.46. The molecular formula is C23H24N4O2. The van der Waals surface area contributed by atoms with Crippen molar-refractivity contribution in [2.45, 2.75) is 32.2 Å². The van der Waals surface area contributed by atoms with Gasteiger partial charge in [-0.05, 0) is 17.7 Å². The monoisotopic (exact) mass is 388 g/mol. The molecule has 6 heteroatoms. The van der Waals surface area contributed by atoms with Crippen LogP contribution in [0.2, 0.25) is 0 Å². The molecule has 148 valence electrons. The third kappa shape index (κ3) is 5.25. The van der Waals surface area contributed by atoms with Gasteiger partial charge in [-0.1, -0.05) is 69.3 Å². The van der Waals surface area contributed by atoms with Crippen LogP contribution in [0.1, 0.15) is 48.6 Å². The first-order valence-electron chi connectivity index (χ1n) is 9.39. The van der Waals surface area contributed by atoms with E-state index in [0.717, 1.165) is 0 Å². The van der Waals surface area contributed by atoms with E-state index >= 15 is 0 Å². The van der Waals surface area contributed by atoms with Gasteiger partial charge in [-0.3, -0.25) is 9.59 Å². The maximum Gasteiger partial charge on any atom is 0.252 e. The Balaban J connectivity index is 1.80. The number of carbonyl (C=O) groups excluding carboxylic acids is 2. The van der Waals surface area contributed by atoms with Crippen LogP contribution in [0.25, 0.3) is 0 Å². The van der Waals surface area contributed by atoms with E-state index in [4.69, 9.17) is 0 Å². The molecule has 1 unspecified atom stereocenters. The smallest absolute Gasteiger partial charge is 0.252 e. The Labute approximate surface area is 170 Å². The summed E-state index contributed by atoms with van der Waals surface area (Å²) in [6, 6.07) is 17.0. The Morgan fingerprint density at radius 1 is 0.862 bits per heavy atom. The van der Waals surface area contributed by atoms with Gasteiger partial charge >= 0.3 is 0 Å². The Morgan fingerprint density at radius 2 is 1.41 bits per heavy atom. The van der Waals surface area contributed by atoms with E-state index < -0.39 is 6.04 Å². The second kappa shape index (κ2) is 8.65. The largest absolute Gasteiger partial charge is 0.336 e. The van der Waals surface area contributed by atoms with E-state index in [2.05, 4.69) is 20.6 Å². The summed E-state index contributed by atoms with van der Waals surface area (Å²) in [6.07, 6.45) is 3.15. The number of nitrogens with one attached hydrogen (secondary N) is 2. The molecular weight excluding hydrogens is 364 g/mol. The highest BCUT2D eigenvalue weighted by atomic mass is 16.2. The SMILES string of the molecule is CC(C)(C)c1ncc(NC(=O)C(NC(=O)c2ccccc2)c2ccccc2)cn1. The lowest BCUT2D eigenvalue weighted by molar-refractivity contribution is -0.118. The molecule has 6 nitrogen and oxygen atoms in total. The quantitative estimate of drug-likeness (QED) is 0.695. The van der Waals surface area contributed by atoms with Gasteiger partial charge in [-0.2, -0.15) is 0 Å².